The first kappa shape index (κ1) is 31.0. The van der Waals surface area contributed by atoms with Crippen molar-refractivity contribution < 1.29 is 9.47 Å². The van der Waals surface area contributed by atoms with Gasteiger partial charge in [0.2, 0.25) is 0 Å². The van der Waals surface area contributed by atoms with Crippen molar-refractivity contribution in [2.45, 2.75) is 40.2 Å². The minimum atomic E-state index is -0.247. The van der Waals surface area contributed by atoms with Crippen LogP contribution in [0.25, 0.3) is 22.3 Å². The summed E-state index contributed by atoms with van der Waals surface area (Å²) in [5.41, 5.74) is 5.96. The van der Waals surface area contributed by atoms with Crippen molar-refractivity contribution >= 4 is 38.7 Å². The largest absolute Gasteiger partial charge is 0.494 e. The van der Waals surface area contributed by atoms with Crippen LogP contribution in [0.2, 0.25) is 0 Å². The van der Waals surface area contributed by atoms with Gasteiger partial charge in [-0.25, -0.2) is 4.98 Å². The van der Waals surface area contributed by atoms with E-state index in [-0.39, 0.29) is 11.5 Å². The standard InChI is InChI=1S/C36H37BrN4O3/c1-7-43-34-18-24(4)31(20-30(34)23(2)3)35-39-32-11-9-8-10-29(32)36(42)41(35)38-21-26-14-17-28(40(5)6)19-33(26)44-22-25-12-15-27(37)16-13-25/h8-21,23H,7,22H2,1-6H3. The van der Waals surface area contributed by atoms with Crippen LogP contribution in [0.3, 0.4) is 0 Å². The van der Waals surface area contributed by atoms with Crippen molar-refractivity contribution in [2.75, 3.05) is 25.6 Å². The highest BCUT2D eigenvalue weighted by atomic mass is 79.9. The van der Waals surface area contributed by atoms with Crippen molar-refractivity contribution in [1.29, 1.82) is 0 Å². The molecule has 0 N–H and O–H groups in total. The second-order valence-corrected chi connectivity index (χ2v) is 12.1. The molecule has 5 aromatic rings. The molecule has 44 heavy (non-hydrogen) atoms. The Labute approximate surface area is 266 Å². The van der Waals surface area contributed by atoms with E-state index in [9.17, 15) is 4.79 Å². The second kappa shape index (κ2) is 13.5. The molecule has 5 rings (SSSR count). The number of aromatic nitrogens is 2. The Morgan fingerprint density at radius 3 is 2.43 bits per heavy atom. The Morgan fingerprint density at radius 1 is 0.977 bits per heavy atom. The quantitative estimate of drug-likeness (QED) is 0.142. The summed E-state index contributed by atoms with van der Waals surface area (Å²) in [6.45, 7) is 9.20. The van der Waals surface area contributed by atoms with Crippen LogP contribution in [0.4, 0.5) is 5.69 Å². The Balaban J connectivity index is 1.64. The zero-order chi connectivity index (χ0) is 31.4. The first-order valence-corrected chi connectivity index (χ1v) is 15.5. The van der Waals surface area contributed by atoms with Crippen molar-refractivity contribution in [3.8, 4) is 22.9 Å². The van der Waals surface area contributed by atoms with Gasteiger partial charge < -0.3 is 14.4 Å². The Hall–Kier alpha value is -4.43. The molecule has 0 unspecified atom stereocenters. The number of para-hydroxylation sites is 1. The maximum absolute atomic E-state index is 14.0. The lowest BCUT2D eigenvalue weighted by Crippen LogP contribution is -2.21. The van der Waals surface area contributed by atoms with Gasteiger partial charge in [0.25, 0.3) is 5.56 Å². The highest BCUT2D eigenvalue weighted by molar-refractivity contribution is 9.10. The van der Waals surface area contributed by atoms with E-state index in [0.717, 1.165) is 43.7 Å². The molecule has 0 aliphatic rings. The van der Waals surface area contributed by atoms with Gasteiger partial charge in [0.05, 0.1) is 23.7 Å². The van der Waals surface area contributed by atoms with Gasteiger partial charge in [0, 0.05) is 41.4 Å². The number of anilines is 1. The number of rotatable bonds is 10. The molecule has 0 spiro atoms. The molecule has 0 aliphatic carbocycles. The molecule has 0 atom stereocenters. The first-order valence-electron chi connectivity index (χ1n) is 14.7. The molecule has 0 amide bonds. The topological polar surface area (TPSA) is 69.0 Å². The van der Waals surface area contributed by atoms with Crippen LogP contribution in [0.1, 0.15) is 48.9 Å². The van der Waals surface area contributed by atoms with Gasteiger partial charge in [-0.1, -0.05) is 54.0 Å². The summed E-state index contributed by atoms with van der Waals surface area (Å²) in [4.78, 5) is 20.9. The zero-order valence-electron chi connectivity index (χ0n) is 26.0. The smallest absolute Gasteiger partial charge is 0.282 e. The van der Waals surface area contributed by atoms with Crippen molar-refractivity contribution in [1.82, 2.24) is 9.66 Å². The summed E-state index contributed by atoms with van der Waals surface area (Å²) in [6, 6.07) is 25.4. The van der Waals surface area contributed by atoms with E-state index in [1.807, 2.05) is 99.6 Å². The predicted octanol–water partition coefficient (Wildman–Crippen LogP) is 8.18. The Bertz CT molecular complexity index is 1880. The van der Waals surface area contributed by atoms with E-state index in [2.05, 4.69) is 35.8 Å². The minimum Gasteiger partial charge on any atom is -0.494 e. The van der Waals surface area contributed by atoms with Gasteiger partial charge in [-0.3, -0.25) is 4.79 Å². The molecule has 0 bridgehead atoms. The molecule has 0 radical (unpaired) electrons. The number of nitrogens with zero attached hydrogens (tertiary/aromatic N) is 4. The van der Waals surface area contributed by atoms with Crippen LogP contribution >= 0.6 is 15.9 Å². The van der Waals surface area contributed by atoms with Crippen LogP contribution < -0.4 is 19.9 Å². The number of hydrogen-bond donors (Lipinski definition) is 0. The molecule has 0 saturated heterocycles. The molecule has 226 valence electrons. The van der Waals surface area contributed by atoms with Crippen LogP contribution in [0.15, 0.2) is 93.2 Å². The number of ether oxygens (including phenoxy) is 2. The van der Waals surface area contributed by atoms with E-state index in [4.69, 9.17) is 19.6 Å². The van der Waals surface area contributed by atoms with Gasteiger partial charge >= 0.3 is 0 Å². The van der Waals surface area contributed by atoms with Gasteiger partial charge in [-0.2, -0.15) is 9.78 Å². The van der Waals surface area contributed by atoms with Crippen molar-refractivity contribution in [3.63, 3.8) is 0 Å². The third-order valence-electron chi connectivity index (χ3n) is 7.41. The fourth-order valence-electron chi connectivity index (χ4n) is 4.97. The van der Waals surface area contributed by atoms with E-state index < -0.39 is 0 Å². The summed E-state index contributed by atoms with van der Waals surface area (Å²) in [7, 11) is 3.97. The Morgan fingerprint density at radius 2 is 1.73 bits per heavy atom. The van der Waals surface area contributed by atoms with Gasteiger partial charge in [0.15, 0.2) is 5.82 Å². The average molecular weight is 654 g/mol. The van der Waals surface area contributed by atoms with E-state index in [1.54, 1.807) is 12.3 Å². The van der Waals surface area contributed by atoms with Gasteiger partial charge in [-0.15, -0.1) is 0 Å². The number of aryl methyl sites for hydroxylation is 1. The second-order valence-electron chi connectivity index (χ2n) is 11.1. The third-order valence-corrected chi connectivity index (χ3v) is 7.94. The van der Waals surface area contributed by atoms with Crippen LogP contribution in [0.5, 0.6) is 11.5 Å². The fraction of sp³-hybridized carbons (Fsp3) is 0.250. The molecule has 0 aliphatic heterocycles. The number of halogens is 1. The maximum atomic E-state index is 14.0. The van der Waals surface area contributed by atoms with Crippen molar-refractivity contribution in [3.05, 3.63) is 116 Å². The molecule has 0 saturated carbocycles. The SMILES string of the molecule is CCOc1cc(C)c(-c2nc3ccccc3c(=O)n2N=Cc2ccc(N(C)C)cc2OCc2ccc(Br)cc2)cc1C(C)C. The molecule has 1 aromatic heterocycles. The predicted molar refractivity (Wildman–Crippen MR) is 184 cm³/mol. The lowest BCUT2D eigenvalue weighted by molar-refractivity contribution is 0.306. The fourth-order valence-corrected chi connectivity index (χ4v) is 5.23. The molecule has 8 heteroatoms. The Kier molecular flexibility index (Phi) is 9.49. The molecular weight excluding hydrogens is 616 g/mol. The maximum Gasteiger partial charge on any atom is 0.282 e. The van der Waals surface area contributed by atoms with Gasteiger partial charge in [0.1, 0.15) is 18.1 Å². The molecule has 0 fully saturated rings. The van der Waals surface area contributed by atoms with E-state index in [0.29, 0.717) is 35.7 Å². The molecular formula is C36H37BrN4O3. The third kappa shape index (κ3) is 6.70. The number of hydrogen-bond acceptors (Lipinski definition) is 6. The van der Waals surface area contributed by atoms with E-state index >= 15 is 0 Å². The lowest BCUT2D eigenvalue weighted by atomic mass is 9.96. The minimum absolute atomic E-state index is 0.209. The summed E-state index contributed by atoms with van der Waals surface area (Å²) >= 11 is 3.49. The monoisotopic (exact) mass is 652 g/mol. The van der Waals surface area contributed by atoms with Crippen molar-refractivity contribution in [2.24, 2.45) is 5.10 Å². The summed E-state index contributed by atoms with van der Waals surface area (Å²) < 4.78 is 14.7. The normalized spacial score (nSPS) is 11.5. The summed E-state index contributed by atoms with van der Waals surface area (Å²) in [5, 5.41) is 5.26. The molecule has 7 nitrogen and oxygen atoms in total. The molecule has 1 heterocycles. The van der Waals surface area contributed by atoms with Crippen LogP contribution in [-0.4, -0.2) is 36.6 Å². The van der Waals surface area contributed by atoms with Crippen LogP contribution in [-0.2, 0) is 6.61 Å². The zero-order valence-corrected chi connectivity index (χ0v) is 27.6. The van der Waals surface area contributed by atoms with E-state index in [1.165, 1.54) is 4.68 Å². The summed E-state index contributed by atoms with van der Waals surface area (Å²) in [6.07, 6.45) is 1.67. The van der Waals surface area contributed by atoms with Gasteiger partial charge in [-0.05, 0) is 85.0 Å². The average Bonchev–Trinajstić information content (AvgIpc) is 3.00. The lowest BCUT2D eigenvalue weighted by Gasteiger charge is -2.18. The molecule has 4 aromatic carbocycles. The number of fused-ring (bicyclic) bond motifs is 1. The number of benzene rings is 4. The highest BCUT2D eigenvalue weighted by Gasteiger charge is 2.19. The highest BCUT2D eigenvalue weighted by Crippen LogP contribution is 2.34. The summed E-state index contributed by atoms with van der Waals surface area (Å²) in [5.74, 6) is 2.18. The first-order chi connectivity index (χ1) is 21.2. The van der Waals surface area contributed by atoms with Crippen LogP contribution in [0, 0.1) is 6.92 Å².